The number of amidine groups is 1. The number of amides is 1. The van der Waals surface area contributed by atoms with Crippen molar-refractivity contribution in [1.82, 2.24) is 20.4 Å². The second kappa shape index (κ2) is 6.02. The summed E-state index contributed by atoms with van der Waals surface area (Å²) in [5, 5.41) is 21.3. The maximum Gasteiger partial charge on any atom is 0.273 e. The number of carbonyl (C=O) groups is 1. The molecule has 9 heteroatoms. The van der Waals surface area contributed by atoms with Crippen LogP contribution >= 0.6 is 23.1 Å². The quantitative estimate of drug-likeness (QED) is 0.705. The molecule has 0 radical (unpaired) electrons. The first-order chi connectivity index (χ1) is 11.7. The van der Waals surface area contributed by atoms with Gasteiger partial charge in [-0.05, 0) is 17.8 Å². The van der Waals surface area contributed by atoms with Gasteiger partial charge in [0.05, 0.1) is 4.91 Å². The van der Waals surface area contributed by atoms with Crippen molar-refractivity contribution < 1.29 is 4.79 Å². The summed E-state index contributed by atoms with van der Waals surface area (Å²) in [6.45, 7) is 0. The molecule has 1 amide bonds. The zero-order valence-corrected chi connectivity index (χ0v) is 13.8. The molecule has 2 aromatic heterocycles. The first-order valence-corrected chi connectivity index (χ1v) is 8.62. The number of hydrogen-bond acceptors (Lipinski definition) is 7. The fraction of sp³-hybridized carbons (Fsp3) is 0. The average molecular weight is 354 g/mol. The zero-order chi connectivity index (χ0) is 16.5. The summed E-state index contributed by atoms with van der Waals surface area (Å²) in [6.07, 6.45) is 3.26. The van der Waals surface area contributed by atoms with Gasteiger partial charge in [0.25, 0.3) is 5.91 Å². The Labute approximate surface area is 144 Å². The largest absolute Gasteiger partial charge is 0.278 e. The van der Waals surface area contributed by atoms with Crippen LogP contribution < -0.4 is 4.90 Å². The first-order valence-electron chi connectivity index (χ1n) is 6.92. The Bertz CT molecular complexity index is 932. The summed E-state index contributed by atoms with van der Waals surface area (Å²) < 4.78 is 0. The molecule has 4 rings (SSSR count). The molecule has 1 aromatic carbocycles. The van der Waals surface area contributed by atoms with Crippen molar-refractivity contribution >= 4 is 45.4 Å². The highest BCUT2D eigenvalue weighted by molar-refractivity contribution is 8.19. The number of H-pyrrole nitrogens is 1. The number of carbonyl (C=O) groups excluding carboxylic acids is 1. The van der Waals surface area contributed by atoms with Crippen molar-refractivity contribution in [3.05, 3.63) is 52.5 Å². The maximum absolute atomic E-state index is 12.6. The van der Waals surface area contributed by atoms with Crippen molar-refractivity contribution in [3.8, 4) is 11.3 Å². The highest BCUT2D eigenvalue weighted by atomic mass is 32.2. The predicted octanol–water partition coefficient (Wildman–Crippen LogP) is 2.98. The van der Waals surface area contributed by atoms with E-state index in [1.165, 1.54) is 16.2 Å². The van der Waals surface area contributed by atoms with Crippen molar-refractivity contribution in [1.29, 1.82) is 5.41 Å². The van der Waals surface area contributed by atoms with E-state index in [9.17, 15) is 4.79 Å². The third kappa shape index (κ3) is 2.53. The molecule has 3 aromatic rings. The second-order valence-corrected chi connectivity index (χ2v) is 6.70. The molecule has 0 aliphatic carbocycles. The van der Waals surface area contributed by atoms with Gasteiger partial charge in [-0.3, -0.25) is 10.2 Å². The number of thioether (sulfide) groups is 1. The van der Waals surface area contributed by atoms with Gasteiger partial charge in [-0.25, -0.2) is 9.88 Å². The van der Waals surface area contributed by atoms with Crippen LogP contribution in [0, 0.1) is 5.41 Å². The molecule has 3 heterocycles. The summed E-state index contributed by atoms with van der Waals surface area (Å²) >= 11 is 2.40. The van der Waals surface area contributed by atoms with E-state index in [0.29, 0.717) is 21.4 Å². The normalized spacial score (nSPS) is 16.3. The van der Waals surface area contributed by atoms with E-state index in [-0.39, 0.29) is 11.1 Å². The lowest BCUT2D eigenvalue weighted by atomic mass is 10.1. The van der Waals surface area contributed by atoms with Gasteiger partial charge in [-0.15, -0.1) is 11.3 Å². The van der Waals surface area contributed by atoms with E-state index in [0.717, 1.165) is 17.3 Å². The SMILES string of the molecule is N=C1S/C(=C\c2n[nH]nc2-c2ccccc2)C(=O)N1c1nccs1. The summed E-state index contributed by atoms with van der Waals surface area (Å²) in [4.78, 5) is 18.4. The summed E-state index contributed by atoms with van der Waals surface area (Å²) in [5.41, 5.74) is 2.13. The Morgan fingerprint density at radius 3 is 2.79 bits per heavy atom. The molecule has 0 atom stereocenters. The van der Waals surface area contributed by atoms with Gasteiger partial charge in [-0.2, -0.15) is 15.4 Å². The molecule has 1 fully saturated rings. The van der Waals surface area contributed by atoms with Gasteiger partial charge in [0.15, 0.2) is 10.3 Å². The number of anilines is 1. The minimum Gasteiger partial charge on any atom is -0.278 e. The van der Waals surface area contributed by atoms with Crippen LogP contribution in [-0.2, 0) is 4.79 Å². The van der Waals surface area contributed by atoms with Crippen molar-refractivity contribution in [2.24, 2.45) is 0 Å². The fourth-order valence-corrected chi connectivity index (χ4v) is 3.78. The Morgan fingerprint density at radius 2 is 2.04 bits per heavy atom. The van der Waals surface area contributed by atoms with Gasteiger partial charge in [0.1, 0.15) is 11.4 Å². The summed E-state index contributed by atoms with van der Waals surface area (Å²) in [6, 6.07) is 9.60. The lowest BCUT2D eigenvalue weighted by Gasteiger charge is -2.08. The van der Waals surface area contributed by atoms with Crippen LogP contribution in [0.2, 0.25) is 0 Å². The van der Waals surface area contributed by atoms with E-state index >= 15 is 0 Å². The van der Waals surface area contributed by atoms with Crippen LogP contribution in [0.5, 0.6) is 0 Å². The minimum absolute atomic E-state index is 0.131. The molecule has 118 valence electrons. The molecule has 1 saturated heterocycles. The van der Waals surface area contributed by atoms with Gasteiger partial charge >= 0.3 is 0 Å². The minimum atomic E-state index is -0.276. The summed E-state index contributed by atoms with van der Waals surface area (Å²) in [7, 11) is 0. The Balaban J connectivity index is 1.70. The molecule has 0 bridgehead atoms. The predicted molar refractivity (Wildman–Crippen MR) is 94.7 cm³/mol. The van der Waals surface area contributed by atoms with Crippen molar-refractivity contribution in [3.63, 3.8) is 0 Å². The summed E-state index contributed by atoms with van der Waals surface area (Å²) in [5.74, 6) is -0.276. The van der Waals surface area contributed by atoms with Gasteiger partial charge in [0.2, 0.25) is 0 Å². The Kier molecular flexibility index (Phi) is 3.71. The molecular formula is C15H10N6OS2. The topological polar surface area (TPSA) is 98.6 Å². The number of aromatic nitrogens is 4. The lowest BCUT2D eigenvalue weighted by molar-refractivity contribution is -0.113. The number of benzene rings is 1. The number of nitrogens with one attached hydrogen (secondary N) is 2. The van der Waals surface area contributed by atoms with Crippen LogP contribution in [0.4, 0.5) is 5.13 Å². The molecule has 24 heavy (non-hydrogen) atoms. The molecule has 7 nitrogen and oxygen atoms in total. The average Bonchev–Trinajstić information content (AvgIpc) is 3.31. The highest BCUT2D eigenvalue weighted by Crippen LogP contribution is 2.36. The van der Waals surface area contributed by atoms with E-state index in [2.05, 4.69) is 20.4 Å². The number of hydrogen-bond donors (Lipinski definition) is 2. The van der Waals surface area contributed by atoms with Crippen LogP contribution in [0.3, 0.4) is 0 Å². The van der Waals surface area contributed by atoms with Gasteiger partial charge in [-0.1, -0.05) is 30.3 Å². The molecule has 1 aliphatic rings. The lowest BCUT2D eigenvalue weighted by Crippen LogP contribution is -2.27. The third-order valence-electron chi connectivity index (χ3n) is 3.32. The van der Waals surface area contributed by atoms with Crippen molar-refractivity contribution in [2.45, 2.75) is 0 Å². The Hall–Kier alpha value is -2.78. The van der Waals surface area contributed by atoms with Crippen LogP contribution in [0.1, 0.15) is 5.69 Å². The van der Waals surface area contributed by atoms with Crippen LogP contribution in [-0.4, -0.2) is 31.5 Å². The first kappa shape index (κ1) is 14.8. The second-order valence-electron chi connectivity index (χ2n) is 4.79. The smallest absolute Gasteiger partial charge is 0.273 e. The monoisotopic (exact) mass is 354 g/mol. The van der Waals surface area contributed by atoms with Gasteiger partial charge in [0, 0.05) is 17.1 Å². The fourth-order valence-electron chi connectivity index (χ4n) is 2.26. The molecule has 0 spiro atoms. The van der Waals surface area contributed by atoms with Crippen LogP contribution in [0.25, 0.3) is 17.3 Å². The Morgan fingerprint density at radius 1 is 1.21 bits per heavy atom. The zero-order valence-electron chi connectivity index (χ0n) is 12.1. The number of aromatic amines is 1. The highest BCUT2D eigenvalue weighted by Gasteiger charge is 2.35. The van der Waals surface area contributed by atoms with E-state index < -0.39 is 0 Å². The standard InChI is InChI=1S/C15H10N6OS2/c16-14-21(15-17-6-7-23-15)13(22)11(24-14)8-10-12(19-20-18-10)9-4-2-1-3-5-9/h1-8,16H,(H,18,19,20)/b11-8-,16-14?. The molecule has 2 N–H and O–H groups in total. The number of rotatable bonds is 3. The van der Waals surface area contributed by atoms with E-state index in [1.54, 1.807) is 17.7 Å². The molecular weight excluding hydrogens is 344 g/mol. The van der Waals surface area contributed by atoms with Gasteiger partial charge < -0.3 is 0 Å². The molecule has 0 saturated carbocycles. The number of nitrogens with zero attached hydrogens (tertiary/aromatic N) is 4. The third-order valence-corrected chi connectivity index (χ3v) is 4.97. The van der Waals surface area contributed by atoms with E-state index in [4.69, 9.17) is 5.41 Å². The van der Waals surface area contributed by atoms with E-state index in [1.807, 2.05) is 30.3 Å². The number of thiazole rings is 1. The molecule has 1 aliphatic heterocycles. The van der Waals surface area contributed by atoms with Crippen molar-refractivity contribution in [2.75, 3.05) is 4.90 Å². The van der Waals surface area contributed by atoms with Crippen LogP contribution in [0.15, 0.2) is 46.8 Å². The molecule has 0 unspecified atom stereocenters. The maximum atomic E-state index is 12.6.